The number of aromatic amines is 1. The van der Waals surface area contributed by atoms with Gasteiger partial charge in [-0.1, -0.05) is 36.9 Å². The van der Waals surface area contributed by atoms with E-state index in [1.54, 1.807) is 37.3 Å². The first kappa shape index (κ1) is 19.2. The second-order valence-corrected chi connectivity index (χ2v) is 5.94. The number of nitrogens with zero attached hydrogens (tertiary/aromatic N) is 1. The minimum Gasteiger partial charge on any atom is -0.549 e. The Kier molecular flexibility index (Phi) is 6.50. The zero-order valence-electron chi connectivity index (χ0n) is 13.7. The maximum absolute atomic E-state index is 12.3. The lowest BCUT2D eigenvalue weighted by molar-refractivity contribution is -0.301. The number of H-pyrrole nitrogens is 1. The molecule has 2 aromatic rings. The molecule has 0 saturated carbocycles. The molecule has 0 spiro atoms. The van der Waals surface area contributed by atoms with Crippen molar-refractivity contribution in [2.45, 2.75) is 18.5 Å². The van der Waals surface area contributed by atoms with Gasteiger partial charge in [0.15, 0.2) is 16.7 Å². The van der Waals surface area contributed by atoms with Crippen LogP contribution in [0, 0.1) is 0 Å². The summed E-state index contributed by atoms with van der Waals surface area (Å²) in [6.07, 6.45) is 0.127. The SMILES string of the molecule is CCC(=O)Nc1nc(SCC(=O)[O-])[nH]c(=O)c1NC(=O)c1ccccc1. The van der Waals surface area contributed by atoms with Crippen LogP contribution in [0.4, 0.5) is 11.5 Å². The number of hydrogen-bond donors (Lipinski definition) is 3. The van der Waals surface area contributed by atoms with Gasteiger partial charge in [-0.05, 0) is 12.1 Å². The highest BCUT2D eigenvalue weighted by molar-refractivity contribution is 7.99. The molecule has 0 fully saturated rings. The Morgan fingerprint density at radius 1 is 1.19 bits per heavy atom. The molecule has 10 heteroatoms. The maximum Gasteiger partial charge on any atom is 0.277 e. The van der Waals surface area contributed by atoms with Gasteiger partial charge in [-0.3, -0.25) is 19.4 Å². The van der Waals surface area contributed by atoms with E-state index in [0.29, 0.717) is 5.56 Å². The van der Waals surface area contributed by atoms with Crippen LogP contribution in [-0.2, 0) is 9.59 Å². The molecule has 0 aliphatic carbocycles. The number of thioether (sulfide) groups is 1. The molecule has 0 aliphatic rings. The summed E-state index contributed by atoms with van der Waals surface area (Å²) >= 11 is 0.723. The van der Waals surface area contributed by atoms with Gasteiger partial charge < -0.3 is 20.5 Å². The summed E-state index contributed by atoms with van der Waals surface area (Å²) in [7, 11) is 0. The van der Waals surface area contributed by atoms with Crippen LogP contribution in [0.15, 0.2) is 40.3 Å². The number of carbonyl (C=O) groups is 3. The monoisotopic (exact) mass is 375 g/mol. The van der Waals surface area contributed by atoms with E-state index in [0.717, 1.165) is 11.8 Å². The topological polar surface area (TPSA) is 144 Å². The molecule has 9 nitrogen and oxygen atoms in total. The molecule has 0 aliphatic heterocycles. The first-order valence-corrected chi connectivity index (χ1v) is 8.52. The van der Waals surface area contributed by atoms with Crippen LogP contribution >= 0.6 is 11.8 Å². The second-order valence-electron chi connectivity index (χ2n) is 4.98. The molecule has 0 radical (unpaired) electrons. The third-order valence-corrected chi connectivity index (χ3v) is 3.92. The average Bonchev–Trinajstić information content (AvgIpc) is 2.63. The third kappa shape index (κ3) is 5.18. The summed E-state index contributed by atoms with van der Waals surface area (Å²) in [6.45, 7) is 1.61. The molecule has 26 heavy (non-hydrogen) atoms. The van der Waals surface area contributed by atoms with Gasteiger partial charge in [0, 0.05) is 17.7 Å². The Labute approximate surface area is 152 Å². The number of anilines is 2. The third-order valence-electron chi connectivity index (χ3n) is 3.08. The van der Waals surface area contributed by atoms with Crippen molar-refractivity contribution < 1.29 is 19.5 Å². The van der Waals surface area contributed by atoms with E-state index in [2.05, 4.69) is 20.6 Å². The van der Waals surface area contributed by atoms with E-state index >= 15 is 0 Å². The molecule has 1 heterocycles. The van der Waals surface area contributed by atoms with E-state index in [9.17, 15) is 24.3 Å². The van der Waals surface area contributed by atoms with Crippen LogP contribution in [0.25, 0.3) is 0 Å². The molecule has 2 amide bonds. The van der Waals surface area contributed by atoms with Crippen molar-refractivity contribution in [3.8, 4) is 0 Å². The highest BCUT2D eigenvalue weighted by atomic mass is 32.2. The van der Waals surface area contributed by atoms with Crippen molar-refractivity contribution >= 4 is 41.1 Å². The lowest BCUT2D eigenvalue weighted by atomic mass is 10.2. The van der Waals surface area contributed by atoms with Gasteiger partial charge in [0.05, 0.1) is 5.97 Å². The Morgan fingerprint density at radius 3 is 2.50 bits per heavy atom. The summed E-state index contributed by atoms with van der Waals surface area (Å²) < 4.78 is 0. The van der Waals surface area contributed by atoms with Crippen LogP contribution in [0.5, 0.6) is 0 Å². The van der Waals surface area contributed by atoms with E-state index in [-0.39, 0.29) is 23.1 Å². The molecule has 0 bridgehead atoms. The van der Waals surface area contributed by atoms with Crippen molar-refractivity contribution in [3.05, 3.63) is 46.2 Å². The van der Waals surface area contributed by atoms with Crippen molar-refractivity contribution in [2.75, 3.05) is 16.4 Å². The van der Waals surface area contributed by atoms with Crippen molar-refractivity contribution in [1.29, 1.82) is 0 Å². The number of hydrogen-bond acceptors (Lipinski definition) is 7. The molecular weight excluding hydrogens is 360 g/mol. The molecule has 3 N–H and O–H groups in total. The zero-order chi connectivity index (χ0) is 19.1. The zero-order valence-corrected chi connectivity index (χ0v) is 14.5. The lowest BCUT2D eigenvalue weighted by Gasteiger charge is -2.12. The Hall–Kier alpha value is -3.14. The molecule has 0 saturated heterocycles. The summed E-state index contributed by atoms with van der Waals surface area (Å²) in [5, 5.41) is 15.4. The van der Waals surface area contributed by atoms with Gasteiger partial charge in [-0.15, -0.1) is 0 Å². The normalized spacial score (nSPS) is 10.2. The fourth-order valence-electron chi connectivity index (χ4n) is 1.85. The fraction of sp³-hybridized carbons (Fsp3) is 0.188. The van der Waals surface area contributed by atoms with Crippen molar-refractivity contribution in [3.63, 3.8) is 0 Å². The highest BCUT2D eigenvalue weighted by Gasteiger charge is 2.17. The predicted molar refractivity (Wildman–Crippen MR) is 93.9 cm³/mol. The molecule has 1 aromatic carbocycles. The van der Waals surface area contributed by atoms with Crippen molar-refractivity contribution in [1.82, 2.24) is 9.97 Å². The number of carboxylic acid groups (broad SMARTS) is 1. The summed E-state index contributed by atoms with van der Waals surface area (Å²) in [4.78, 5) is 53.2. The van der Waals surface area contributed by atoms with Gasteiger partial charge >= 0.3 is 0 Å². The first-order chi connectivity index (χ1) is 12.4. The van der Waals surface area contributed by atoms with Gasteiger partial charge in [0.2, 0.25) is 5.91 Å². The number of carbonyl (C=O) groups excluding carboxylic acids is 3. The van der Waals surface area contributed by atoms with Crippen LogP contribution in [0.2, 0.25) is 0 Å². The lowest BCUT2D eigenvalue weighted by Crippen LogP contribution is -2.26. The molecule has 136 valence electrons. The Bertz CT molecular complexity index is 882. The summed E-state index contributed by atoms with van der Waals surface area (Å²) in [6, 6.07) is 8.19. The number of carboxylic acids is 1. The molecule has 0 atom stereocenters. The molecule has 0 unspecified atom stereocenters. The average molecular weight is 375 g/mol. The predicted octanol–water partition coefficient (Wildman–Crippen LogP) is 0.213. The summed E-state index contributed by atoms with van der Waals surface area (Å²) in [5.74, 6) is -2.90. The van der Waals surface area contributed by atoms with Crippen LogP contribution in [0.1, 0.15) is 23.7 Å². The Balaban J connectivity index is 2.36. The van der Waals surface area contributed by atoms with Crippen molar-refractivity contribution in [2.24, 2.45) is 0 Å². The number of aliphatic carboxylic acids is 1. The number of rotatable bonds is 7. The first-order valence-electron chi connectivity index (χ1n) is 7.54. The van der Waals surface area contributed by atoms with E-state index < -0.39 is 29.1 Å². The van der Waals surface area contributed by atoms with Crippen LogP contribution < -0.4 is 21.3 Å². The van der Waals surface area contributed by atoms with Crippen LogP contribution in [-0.4, -0.2) is 33.5 Å². The molecular formula is C16H15N4O5S-. The minimum atomic E-state index is -1.33. The summed E-state index contributed by atoms with van der Waals surface area (Å²) in [5.41, 5.74) is -0.648. The van der Waals surface area contributed by atoms with Gasteiger partial charge in [0.1, 0.15) is 0 Å². The van der Waals surface area contributed by atoms with E-state index in [1.165, 1.54) is 0 Å². The second kappa shape index (κ2) is 8.81. The number of nitrogens with one attached hydrogen (secondary N) is 3. The van der Waals surface area contributed by atoms with Crippen LogP contribution in [0.3, 0.4) is 0 Å². The van der Waals surface area contributed by atoms with Gasteiger partial charge in [0.25, 0.3) is 11.5 Å². The quantitative estimate of drug-likeness (QED) is 0.463. The standard InChI is InChI=1S/C16H16N4O5S/c1-2-10(21)17-13-12(18-14(24)9-6-4-3-5-7-9)15(25)20-16(19-13)26-8-11(22)23/h3-7H,2,8H2,1H3,(H,18,24)(H,22,23)(H2,17,19,20,21,25)/p-1. The highest BCUT2D eigenvalue weighted by Crippen LogP contribution is 2.20. The fourth-order valence-corrected chi connectivity index (χ4v) is 2.43. The minimum absolute atomic E-state index is 0.0247. The van der Waals surface area contributed by atoms with Gasteiger partial charge in [-0.2, -0.15) is 0 Å². The van der Waals surface area contributed by atoms with E-state index in [1.807, 2.05) is 0 Å². The smallest absolute Gasteiger partial charge is 0.277 e. The van der Waals surface area contributed by atoms with Gasteiger partial charge in [-0.25, -0.2) is 4.98 Å². The maximum atomic E-state index is 12.3. The Morgan fingerprint density at radius 2 is 1.88 bits per heavy atom. The number of benzene rings is 1. The number of aromatic nitrogens is 2. The molecule has 2 rings (SSSR count). The largest absolute Gasteiger partial charge is 0.549 e. The van der Waals surface area contributed by atoms with E-state index in [4.69, 9.17) is 0 Å². The number of amides is 2. The molecule has 1 aromatic heterocycles.